The van der Waals surface area contributed by atoms with Crippen molar-refractivity contribution in [2.75, 3.05) is 13.7 Å². The lowest BCUT2D eigenvalue weighted by Gasteiger charge is -2.01. The van der Waals surface area contributed by atoms with Gasteiger partial charge in [-0.05, 0) is 48.9 Å². The Morgan fingerprint density at radius 1 is 1.20 bits per heavy atom. The van der Waals surface area contributed by atoms with Gasteiger partial charge in [-0.25, -0.2) is 5.43 Å². The summed E-state index contributed by atoms with van der Waals surface area (Å²) < 4.78 is 10.6. The number of amides is 1. The molecule has 3 rings (SSSR count). The normalized spacial score (nSPS) is 11.0. The van der Waals surface area contributed by atoms with Crippen LogP contribution >= 0.6 is 0 Å². The summed E-state index contributed by atoms with van der Waals surface area (Å²) in [5.74, 6) is 1.20. The van der Waals surface area contributed by atoms with Crippen molar-refractivity contribution in [3.05, 3.63) is 59.8 Å². The van der Waals surface area contributed by atoms with Crippen LogP contribution < -0.4 is 14.9 Å². The van der Waals surface area contributed by atoms with Gasteiger partial charge in [0.25, 0.3) is 5.91 Å². The smallest absolute Gasteiger partial charge is 0.287 e. The summed E-state index contributed by atoms with van der Waals surface area (Å²) >= 11 is 0. The number of hydrazone groups is 1. The molecular weight excluding hydrogens is 318 g/mol. The number of rotatable bonds is 6. The van der Waals surface area contributed by atoms with Gasteiger partial charge in [0.15, 0.2) is 0 Å². The molecule has 0 aliphatic heterocycles. The van der Waals surface area contributed by atoms with Gasteiger partial charge in [0, 0.05) is 10.9 Å². The van der Waals surface area contributed by atoms with E-state index in [1.807, 2.05) is 49.4 Å². The summed E-state index contributed by atoms with van der Waals surface area (Å²) in [6, 6.07) is 14.8. The lowest BCUT2D eigenvalue weighted by Crippen LogP contribution is -2.17. The molecule has 1 aromatic heterocycles. The van der Waals surface area contributed by atoms with Crippen molar-refractivity contribution in [1.82, 2.24) is 10.4 Å². The monoisotopic (exact) mass is 337 g/mol. The number of carbonyl (C=O) groups is 1. The molecule has 25 heavy (non-hydrogen) atoms. The number of hydrogen-bond acceptors (Lipinski definition) is 4. The fourth-order valence-corrected chi connectivity index (χ4v) is 2.44. The van der Waals surface area contributed by atoms with Gasteiger partial charge in [0.2, 0.25) is 0 Å². The largest absolute Gasteiger partial charge is 0.497 e. The average Bonchev–Trinajstić information content (AvgIpc) is 3.05. The van der Waals surface area contributed by atoms with Gasteiger partial charge in [0.1, 0.15) is 17.2 Å². The van der Waals surface area contributed by atoms with Crippen LogP contribution in [0.25, 0.3) is 10.9 Å². The zero-order valence-corrected chi connectivity index (χ0v) is 14.1. The molecule has 0 aliphatic carbocycles. The first-order chi connectivity index (χ1) is 12.2. The number of methoxy groups -OCH3 is 1. The van der Waals surface area contributed by atoms with E-state index in [-0.39, 0.29) is 5.91 Å². The summed E-state index contributed by atoms with van der Waals surface area (Å²) in [6.45, 7) is 2.53. The van der Waals surface area contributed by atoms with E-state index in [0.29, 0.717) is 12.3 Å². The van der Waals surface area contributed by atoms with Crippen molar-refractivity contribution in [3.8, 4) is 11.5 Å². The van der Waals surface area contributed by atoms with Crippen molar-refractivity contribution < 1.29 is 14.3 Å². The lowest BCUT2D eigenvalue weighted by atomic mass is 10.2. The van der Waals surface area contributed by atoms with E-state index >= 15 is 0 Å². The number of aromatic amines is 1. The minimum absolute atomic E-state index is 0.312. The van der Waals surface area contributed by atoms with E-state index in [0.717, 1.165) is 28.0 Å². The van der Waals surface area contributed by atoms with Crippen molar-refractivity contribution in [2.24, 2.45) is 5.10 Å². The van der Waals surface area contributed by atoms with E-state index in [1.54, 1.807) is 19.4 Å². The topological polar surface area (TPSA) is 75.7 Å². The Hall–Kier alpha value is -3.28. The molecule has 0 saturated heterocycles. The first-order valence-corrected chi connectivity index (χ1v) is 7.92. The second-order valence-corrected chi connectivity index (χ2v) is 5.34. The van der Waals surface area contributed by atoms with Crippen LogP contribution in [-0.2, 0) is 0 Å². The van der Waals surface area contributed by atoms with Crippen molar-refractivity contribution in [3.63, 3.8) is 0 Å². The van der Waals surface area contributed by atoms with Crippen LogP contribution in [-0.4, -0.2) is 30.8 Å². The highest BCUT2D eigenvalue weighted by Gasteiger charge is 2.09. The lowest BCUT2D eigenvalue weighted by molar-refractivity contribution is 0.0951. The number of carbonyl (C=O) groups excluding carboxylic acids is 1. The molecule has 1 amide bonds. The van der Waals surface area contributed by atoms with Gasteiger partial charge in [-0.2, -0.15) is 5.10 Å². The van der Waals surface area contributed by atoms with E-state index in [2.05, 4.69) is 15.5 Å². The summed E-state index contributed by atoms with van der Waals surface area (Å²) in [5, 5.41) is 4.90. The van der Waals surface area contributed by atoms with Gasteiger partial charge in [-0.1, -0.05) is 12.1 Å². The average molecular weight is 337 g/mol. The molecule has 3 aromatic rings. The van der Waals surface area contributed by atoms with Crippen LogP contribution in [0.1, 0.15) is 23.0 Å². The standard InChI is InChI=1S/C19H19N3O3/c1-3-25-16-7-8-17-14(10-16)11-18(21-17)19(23)22-20-12-13-5-4-6-15(9-13)24-2/h4-12,21H,3H2,1-2H3,(H,22,23). The molecule has 128 valence electrons. The Balaban J connectivity index is 1.70. The zero-order chi connectivity index (χ0) is 17.6. The van der Waals surface area contributed by atoms with Crippen LogP contribution in [0.4, 0.5) is 0 Å². The minimum atomic E-state index is -0.312. The van der Waals surface area contributed by atoms with Crippen molar-refractivity contribution in [2.45, 2.75) is 6.92 Å². The van der Waals surface area contributed by atoms with Gasteiger partial charge in [-0.15, -0.1) is 0 Å². The second-order valence-electron chi connectivity index (χ2n) is 5.34. The molecular formula is C19H19N3O3. The number of nitrogens with zero attached hydrogens (tertiary/aromatic N) is 1. The number of hydrogen-bond donors (Lipinski definition) is 2. The number of H-pyrrole nitrogens is 1. The third-order valence-corrected chi connectivity index (χ3v) is 3.62. The molecule has 2 aromatic carbocycles. The highest BCUT2D eigenvalue weighted by Crippen LogP contribution is 2.21. The summed E-state index contributed by atoms with van der Waals surface area (Å²) in [7, 11) is 1.60. The Kier molecular flexibility index (Phi) is 4.99. The van der Waals surface area contributed by atoms with Gasteiger partial charge >= 0.3 is 0 Å². The number of fused-ring (bicyclic) bond motifs is 1. The number of benzene rings is 2. The summed E-state index contributed by atoms with van der Waals surface area (Å²) in [4.78, 5) is 15.3. The number of ether oxygens (including phenoxy) is 2. The predicted octanol–water partition coefficient (Wildman–Crippen LogP) is 3.34. The molecule has 2 N–H and O–H groups in total. The fraction of sp³-hybridized carbons (Fsp3) is 0.158. The maximum atomic E-state index is 12.2. The molecule has 6 heteroatoms. The number of aromatic nitrogens is 1. The summed E-state index contributed by atoms with van der Waals surface area (Å²) in [5.41, 5.74) is 4.65. The van der Waals surface area contributed by atoms with E-state index in [1.165, 1.54) is 0 Å². The van der Waals surface area contributed by atoms with Crippen molar-refractivity contribution >= 4 is 23.0 Å². The molecule has 0 saturated carbocycles. The van der Waals surface area contributed by atoms with E-state index < -0.39 is 0 Å². The van der Waals surface area contributed by atoms with Crippen LogP contribution in [0.5, 0.6) is 11.5 Å². The SMILES string of the molecule is CCOc1ccc2[nH]c(C(=O)NN=Cc3cccc(OC)c3)cc2c1. The molecule has 0 bridgehead atoms. The van der Waals surface area contributed by atoms with E-state index in [4.69, 9.17) is 9.47 Å². The maximum absolute atomic E-state index is 12.2. The molecule has 0 radical (unpaired) electrons. The predicted molar refractivity (Wildman–Crippen MR) is 97.5 cm³/mol. The fourth-order valence-electron chi connectivity index (χ4n) is 2.44. The van der Waals surface area contributed by atoms with Crippen LogP contribution in [0.3, 0.4) is 0 Å². The quantitative estimate of drug-likeness (QED) is 0.535. The molecule has 1 heterocycles. The van der Waals surface area contributed by atoms with Crippen LogP contribution in [0, 0.1) is 0 Å². The third-order valence-electron chi connectivity index (χ3n) is 3.62. The van der Waals surface area contributed by atoms with Gasteiger partial charge < -0.3 is 14.5 Å². The number of nitrogens with one attached hydrogen (secondary N) is 2. The van der Waals surface area contributed by atoms with Gasteiger partial charge in [0.05, 0.1) is 19.9 Å². The van der Waals surface area contributed by atoms with Crippen molar-refractivity contribution in [1.29, 1.82) is 0 Å². The Bertz CT molecular complexity index is 915. The second kappa shape index (κ2) is 7.53. The Labute approximate surface area is 145 Å². The highest BCUT2D eigenvalue weighted by atomic mass is 16.5. The third kappa shape index (κ3) is 3.98. The first kappa shape index (κ1) is 16.6. The minimum Gasteiger partial charge on any atom is -0.497 e. The molecule has 0 fully saturated rings. The van der Waals surface area contributed by atoms with Crippen LogP contribution in [0.15, 0.2) is 53.6 Å². The Morgan fingerprint density at radius 2 is 2.08 bits per heavy atom. The first-order valence-electron chi connectivity index (χ1n) is 7.92. The molecule has 0 aliphatic rings. The molecule has 6 nitrogen and oxygen atoms in total. The maximum Gasteiger partial charge on any atom is 0.287 e. The highest BCUT2D eigenvalue weighted by molar-refractivity contribution is 5.98. The Morgan fingerprint density at radius 3 is 2.88 bits per heavy atom. The van der Waals surface area contributed by atoms with E-state index in [9.17, 15) is 4.79 Å². The van der Waals surface area contributed by atoms with Gasteiger partial charge in [-0.3, -0.25) is 4.79 Å². The molecule has 0 atom stereocenters. The zero-order valence-electron chi connectivity index (χ0n) is 14.1. The molecule has 0 unspecified atom stereocenters. The van der Waals surface area contributed by atoms with Crippen LogP contribution in [0.2, 0.25) is 0 Å². The summed E-state index contributed by atoms with van der Waals surface area (Å²) in [6.07, 6.45) is 1.57. The molecule has 0 spiro atoms.